The van der Waals surface area contributed by atoms with Crippen LogP contribution in [0, 0.1) is 5.92 Å². The number of carboxylic acids is 1. The zero-order chi connectivity index (χ0) is 18.3. The first-order valence-corrected chi connectivity index (χ1v) is 9.10. The molecule has 26 heavy (non-hydrogen) atoms. The number of oxazole rings is 1. The molecule has 1 aromatic heterocycles. The van der Waals surface area contributed by atoms with Gasteiger partial charge in [0.1, 0.15) is 5.52 Å². The largest absolute Gasteiger partial charge is 0.481 e. The molecule has 0 spiro atoms. The molecular formula is C19H16Cl2N2O3. The summed E-state index contributed by atoms with van der Waals surface area (Å²) in [6, 6.07) is 11.6. The number of hydrogen-bond donors (Lipinski definition) is 1. The van der Waals surface area contributed by atoms with Gasteiger partial charge in [-0.15, -0.1) is 0 Å². The molecule has 5 nitrogen and oxygen atoms in total. The van der Waals surface area contributed by atoms with E-state index in [9.17, 15) is 4.79 Å². The number of nitrogens with zero attached hydrogens (tertiary/aromatic N) is 2. The van der Waals surface area contributed by atoms with Crippen molar-refractivity contribution in [2.45, 2.75) is 12.8 Å². The smallest absolute Gasteiger partial charge is 0.306 e. The lowest BCUT2D eigenvalue weighted by Crippen LogP contribution is -2.36. The van der Waals surface area contributed by atoms with E-state index in [0.29, 0.717) is 53.1 Å². The summed E-state index contributed by atoms with van der Waals surface area (Å²) in [7, 11) is 0. The Morgan fingerprint density at radius 2 is 1.85 bits per heavy atom. The molecule has 2 heterocycles. The summed E-state index contributed by atoms with van der Waals surface area (Å²) in [5.41, 5.74) is 3.13. The third kappa shape index (κ3) is 3.24. The van der Waals surface area contributed by atoms with Crippen molar-refractivity contribution in [3.63, 3.8) is 0 Å². The van der Waals surface area contributed by atoms with Crippen molar-refractivity contribution in [3.05, 3.63) is 46.4 Å². The van der Waals surface area contributed by atoms with Crippen LogP contribution >= 0.6 is 23.2 Å². The number of fused-ring (bicyclic) bond motifs is 1. The topological polar surface area (TPSA) is 66.6 Å². The fraction of sp³-hybridized carbons (Fsp3) is 0.263. The third-order valence-corrected chi connectivity index (χ3v) is 5.30. The quantitative estimate of drug-likeness (QED) is 0.673. The van der Waals surface area contributed by atoms with Crippen molar-refractivity contribution in [1.82, 2.24) is 4.98 Å². The second kappa shape index (κ2) is 6.82. The van der Waals surface area contributed by atoms with Crippen LogP contribution in [0.25, 0.3) is 22.2 Å². The lowest BCUT2D eigenvalue weighted by atomic mass is 9.97. The van der Waals surface area contributed by atoms with Gasteiger partial charge in [0.25, 0.3) is 6.01 Å². The summed E-state index contributed by atoms with van der Waals surface area (Å²) >= 11 is 12.4. The SMILES string of the molecule is O=C(O)C1CCN(c2nc3cc(Cl)c(-c4ccc(Cl)cc4)cc3o2)CC1. The van der Waals surface area contributed by atoms with Gasteiger partial charge < -0.3 is 14.4 Å². The maximum Gasteiger partial charge on any atom is 0.306 e. The molecule has 0 amide bonds. The van der Waals surface area contributed by atoms with E-state index in [1.165, 1.54) is 0 Å². The molecular weight excluding hydrogens is 375 g/mol. The molecule has 1 aliphatic heterocycles. The summed E-state index contributed by atoms with van der Waals surface area (Å²) < 4.78 is 5.93. The van der Waals surface area contributed by atoms with Gasteiger partial charge in [0.2, 0.25) is 0 Å². The van der Waals surface area contributed by atoms with Crippen LogP contribution < -0.4 is 4.90 Å². The zero-order valence-corrected chi connectivity index (χ0v) is 15.3. The minimum Gasteiger partial charge on any atom is -0.481 e. The molecule has 1 saturated heterocycles. The van der Waals surface area contributed by atoms with Gasteiger partial charge in [-0.05, 0) is 42.7 Å². The second-order valence-electron chi connectivity index (χ2n) is 6.40. The molecule has 134 valence electrons. The van der Waals surface area contributed by atoms with E-state index in [0.717, 1.165) is 11.1 Å². The third-order valence-electron chi connectivity index (χ3n) is 4.74. The Labute approximate surface area is 160 Å². The van der Waals surface area contributed by atoms with Crippen molar-refractivity contribution >= 4 is 46.3 Å². The van der Waals surface area contributed by atoms with Crippen LogP contribution in [0.3, 0.4) is 0 Å². The Morgan fingerprint density at radius 1 is 1.15 bits per heavy atom. The fourth-order valence-electron chi connectivity index (χ4n) is 3.24. The number of aromatic nitrogens is 1. The highest BCUT2D eigenvalue weighted by molar-refractivity contribution is 6.34. The Bertz CT molecular complexity index is 961. The van der Waals surface area contributed by atoms with Crippen LogP contribution in [-0.4, -0.2) is 29.1 Å². The molecule has 0 unspecified atom stereocenters. The highest BCUT2D eigenvalue weighted by Gasteiger charge is 2.27. The lowest BCUT2D eigenvalue weighted by molar-refractivity contribution is -0.142. The number of piperidine rings is 1. The van der Waals surface area contributed by atoms with Crippen molar-refractivity contribution < 1.29 is 14.3 Å². The average Bonchev–Trinajstić information content (AvgIpc) is 3.04. The van der Waals surface area contributed by atoms with Gasteiger partial charge in [-0.25, -0.2) is 0 Å². The predicted octanol–water partition coefficient (Wildman–Crippen LogP) is 5.10. The van der Waals surface area contributed by atoms with Crippen LogP contribution in [0.15, 0.2) is 40.8 Å². The van der Waals surface area contributed by atoms with E-state index in [-0.39, 0.29) is 5.92 Å². The minimum atomic E-state index is -0.735. The fourth-order valence-corrected chi connectivity index (χ4v) is 3.63. The first kappa shape index (κ1) is 17.2. The van der Waals surface area contributed by atoms with Crippen LogP contribution in [0.2, 0.25) is 10.0 Å². The van der Waals surface area contributed by atoms with E-state index >= 15 is 0 Å². The van der Waals surface area contributed by atoms with Gasteiger partial charge in [0, 0.05) is 23.7 Å². The summed E-state index contributed by atoms with van der Waals surface area (Å²) in [6.45, 7) is 1.23. The number of carbonyl (C=O) groups is 1. The van der Waals surface area contributed by atoms with E-state index in [1.54, 1.807) is 6.07 Å². The summed E-state index contributed by atoms with van der Waals surface area (Å²) in [5.74, 6) is -1.02. The second-order valence-corrected chi connectivity index (χ2v) is 7.25. The van der Waals surface area contributed by atoms with Crippen molar-refractivity contribution in [3.8, 4) is 11.1 Å². The number of anilines is 1. The summed E-state index contributed by atoms with van der Waals surface area (Å²) in [6.07, 6.45) is 1.18. The number of aliphatic carboxylic acids is 1. The van der Waals surface area contributed by atoms with Crippen LogP contribution in [0.1, 0.15) is 12.8 Å². The lowest BCUT2D eigenvalue weighted by Gasteiger charge is -2.28. The monoisotopic (exact) mass is 390 g/mol. The van der Waals surface area contributed by atoms with E-state index in [1.807, 2.05) is 35.2 Å². The molecule has 4 rings (SSSR count). The van der Waals surface area contributed by atoms with Gasteiger partial charge in [-0.3, -0.25) is 4.79 Å². The molecule has 3 aromatic rings. The van der Waals surface area contributed by atoms with Gasteiger partial charge >= 0.3 is 5.97 Å². The van der Waals surface area contributed by atoms with Gasteiger partial charge in [0.05, 0.1) is 10.9 Å². The molecule has 0 aliphatic carbocycles. The molecule has 1 aliphatic rings. The van der Waals surface area contributed by atoms with Crippen LogP contribution in [0.4, 0.5) is 6.01 Å². The normalized spacial score (nSPS) is 15.5. The van der Waals surface area contributed by atoms with Gasteiger partial charge in [0.15, 0.2) is 5.58 Å². The Morgan fingerprint density at radius 3 is 2.50 bits per heavy atom. The standard InChI is InChI=1S/C19H16Cl2N2O3/c20-13-3-1-11(2-4-13)14-9-17-16(10-15(14)21)22-19(26-17)23-7-5-12(6-8-23)18(24)25/h1-4,9-10,12H,5-8H2,(H,24,25). The molecule has 0 atom stereocenters. The number of carboxylic acid groups (broad SMARTS) is 1. The van der Waals surface area contributed by atoms with Gasteiger partial charge in [-0.2, -0.15) is 4.98 Å². The first-order valence-electron chi connectivity index (χ1n) is 8.35. The summed E-state index contributed by atoms with van der Waals surface area (Å²) in [5, 5.41) is 10.4. The van der Waals surface area contributed by atoms with Crippen molar-refractivity contribution in [2.24, 2.45) is 5.92 Å². The minimum absolute atomic E-state index is 0.290. The molecule has 2 aromatic carbocycles. The molecule has 0 saturated carbocycles. The molecule has 0 bridgehead atoms. The maximum absolute atomic E-state index is 11.1. The molecule has 1 fully saturated rings. The number of halogens is 2. The van der Waals surface area contributed by atoms with E-state index in [4.69, 9.17) is 32.7 Å². The highest BCUT2D eigenvalue weighted by atomic mass is 35.5. The van der Waals surface area contributed by atoms with Crippen molar-refractivity contribution in [2.75, 3.05) is 18.0 Å². The Balaban J connectivity index is 1.64. The van der Waals surface area contributed by atoms with Crippen LogP contribution in [-0.2, 0) is 4.79 Å². The number of hydrogen-bond acceptors (Lipinski definition) is 4. The summed E-state index contributed by atoms with van der Waals surface area (Å²) in [4.78, 5) is 17.6. The Kier molecular flexibility index (Phi) is 4.51. The molecule has 1 N–H and O–H groups in total. The van der Waals surface area contributed by atoms with Crippen molar-refractivity contribution in [1.29, 1.82) is 0 Å². The number of benzene rings is 2. The predicted molar refractivity (Wildman–Crippen MR) is 102 cm³/mol. The average molecular weight is 391 g/mol. The first-order chi connectivity index (χ1) is 12.5. The van der Waals surface area contributed by atoms with E-state index in [2.05, 4.69) is 4.98 Å². The van der Waals surface area contributed by atoms with E-state index < -0.39 is 5.97 Å². The molecule has 7 heteroatoms. The maximum atomic E-state index is 11.1. The van der Waals surface area contributed by atoms with Gasteiger partial charge in [-0.1, -0.05) is 35.3 Å². The zero-order valence-electron chi connectivity index (χ0n) is 13.8. The highest BCUT2D eigenvalue weighted by Crippen LogP contribution is 2.35. The Hall–Kier alpha value is -2.24. The number of rotatable bonds is 3. The van der Waals surface area contributed by atoms with Crippen LogP contribution in [0.5, 0.6) is 0 Å². The molecule has 0 radical (unpaired) electrons.